The maximum absolute atomic E-state index is 13.8. The molecule has 2 aliphatic heterocycles. The number of anilines is 1. The Kier molecular flexibility index (Phi) is 5.03. The van der Waals surface area contributed by atoms with Crippen molar-refractivity contribution in [1.82, 2.24) is 9.80 Å². The average Bonchev–Trinajstić information content (AvgIpc) is 3.25. The molecule has 0 unspecified atom stereocenters. The molecular weight excluding hydrogens is 369 g/mol. The topological polar surface area (TPSA) is 43.9 Å². The lowest BCUT2D eigenvalue weighted by Gasteiger charge is -2.29. The molecule has 2 saturated heterocycles. The van der Waals surface area contributed by atoms with Crippen molar-refractivity contribution >= 4 is 17.5 Å². The lowest BCUT2D eigenvalue weighted by molar-refractivity contribution is -0.130. The fourth-order valence-electron chi connectivity index (χ4n) is 4.75. The molecule has 0 bridgehead atoms. The summed E-state index contributed by atoms with van der Waals surface area (Å²) in [5, 5.41) is 0. The predicted octanol–water partition coefficient (Wildman–Crippen LogP) is 3.18. The monoisotopic (exact) mass is 395 g/mol. The van der Waals surface area contributed by atoms with Crippen LogP contribution in [-0.2, 0) is 4.79 Å². The van der Waals surface area contributed by atoms with Gasteiger partial charge in [0.25, 0.3) is 5.91 Å². The molecule has 2 fully saturated rings. The van der Waals surface area contributed by atoms with E-state index in [-0.39, 0.29) is 35.5 Å². The van der Waals surface area contributed by atoms with Gasteiger partial charge in [-0.2, -0.15) is 0 Å². The highest BCUT2D eigenvalue weighted by Crippen LogP contribution is 2.45. The molecule has 6 heteroatoms. The summed E-state index contributed by atoms with van der Waals surface area (Å²) >= 11 is 0. The van der Waals surface area contributed by atoms with Gasteiger partial charge < -0.3 is 14.7 Å². The molecule has 0 radical (unpaired) electrons. The first-order valence-corrected chi connectivity index (χ1v) is 9.94. The molecule has 29 heavy (non-hydrogen) atoms. The van der Waals surface area contributed by atoms with Crippen LogP contribution in [0.1, 0.15) is 28.9 Å². The molecule has 2 aliphatic rings. The van der Waals surface area contributed by atoms with Crippen LogP contribution in [0.2, 0.25) is 0 Å². The van der Waals surface area contributed by atoms with Crippen LogP contribution in [0.3, 0.4) is 0 Å². The van der Waals surface area contributed by atoms with E-state index in [9.17, 15) is 14.0 Å². The molecule has 0 aromatic heterocycles. The van der Waals surface area contributed by atoms with E-state index in [1.165, 1.54) is 12.1 Å². The Morgan fingerprint density at radius 1 is 1.03 bits per heavy atom. The number of fused-ring (bicyclic) bond motifs is 1. The Morgan fingerprint density at radius 2 is 1.79 bits per heavy atom. The zero-order valence-electron chi connectivity index (χ0n) is 17.0. The van der Waals surface area contributed by atoms with Crippen LogP contribution in [-0.4, -0.2) is 55.3 Å². The van der Waals surface area contributed by atoms with Gasteiger partial charge in [0.2, 0.25) is 5.91 Å². The van der Waals surface area contributed by atoms with Crippen molar-refractivity contribution in [3.8, 4) is 0 Å². The van der Waals surface area contributed by atoms with Gasteiger partial charge in [0.05, 0.1) is 6.04 Å². The number of hydrogen-bond donors (Lipinski definition) is 0. The van der Waals surface area contributed by atoms with Crippen LogP contribution >= 0.6 is 0 Å². The minimum Gasteiger partial charge on any atom is -0.378 e. The summed E-state index contributed by atoms with van der Waals surface area (Å²) in [4.78, 5) is 31.1. The molecule has 0 saturated carbocycles. The summed E-state index contributed by atoms with van der Waals surface area (Å²) in [6, 6.07) is 13.9. The normalized spacial score (nSPS) is 23.2. The molecule has 2 heterocycles. The summed E-state index contributed by atoms with van der Waals surface area (Å²) in [7, 11) is 3.90. The third-order valence-corrected chi connectivity index (χ3v) is 6.16. The van der Waals surface area contributed by atoms with Crippen LogP contribution in [0.25, 0.3) is 0 Å². The number of halogens is 1. The summed E-state index contributed by atoms with van der Waals surface area (Å²) in [6.45, 7) is 3.34. The Balaban J connectivity index is 1.58. The Morgan fingerprint density at radius 3 is 2.48 bits per heavy atom. The van der Waals surface area contributed by atoms with Crippen molar-refractivity contribution < 1.29 is 14.0 Å². The molecule has 4 rings (SSSR count). The van der Waals surface area contributed by atoms with Crippen molar-refractivity contribution in [3.05, 3.63) is 65.5 Å². The van der Waals surface area contributed by atoms with E-state index in [1.807, 2.05) is 59.1 Å². The van der Waals surface area contributed by atoms with Crippen molar-refractivity contribution in [3.63, 3.8) is 0 Å². The first-order chi connectivity index (χ1) is 13.8. The molecule has 152 valence electrons. The van der Waals surface area contributed by atoms with Gasteiger partial charge in [-0.3, -0.25) is 9.59 Å². The predicted molar refractivity (Wildman–Crippen MR) is 110 cm³/mol. The van der Waals surface area contributed by atoms with Crippen LogP contribution in [0.4, 0.5) is 10.1 Å². The largest absolute Gasteiger partial charge is 0.378 e. The van der Waals surface area contributed by atoms with Gasteiger partial charge in [-0.1, -0.05) is 18.2 Å². The van der Waals surface area contributed by atoms with E-state index < -0.39 is 0 Å². The molecule has 2 aromatic carbocycles. The highest BCUT2D eigenvalue weighted by molar-refractivity contribution is 5.95. The fourth-order valence-corrected chi connectivity index (χ4v) is 4.75. The first-order valence-electron chi connectivity index (χ1n) is 9.94. The number of carbonyl (C=O) groups is 2. The van der Waals surface area contributed by atoms with E-state index in [1.54, 1.807) is 13.0 Å². The van der Waals surface area contributed by atoms with E-state index >= 15 is 0 Å². The summed E-state index contributed by atoms with van der Waals surface area (Å²) in [5.41, 5.74) is 2.45. The number of likely N-dealkylation sites (tertiary alicyclic amines) is 2. The van der Waals surface area contributed by atoms with Gasteiger partial charge in [-0.05, 0) is 35.9 Å². The van der Waals surface area contributed by atoms with Gasteiger partial charge in [0.15, 0.2) is 0 Å². The maximum Gasteiger partial charge on any atom is 0.253 e. The quantitative estimate of drug-likeness (QED) is 0.802. The number of carbonyl (C=O) groups excluding carboxylic acids is 2. The summed E-state index contributed by atoms with van der Waals surface area (Å²) in [6.07, 6.45) is 0. The third kappa shape index (κ3) is 3.59. The lowest BCUT2D eigenvalue weighted by atomic mass is 9.89. The van der Waals surface area contributed by atoms with Gasteiger partial charge >= 0.3 is 0 Å². The fraction of sp³-hybridized carbons (Fsp3) is 0.391. The first kappa shape index (κ1) is 19.4. The van der Waals surface area contributed by atoms with Gasteiger partial charge in [-0.25, -0.2) is 4.39 Å². The molecule has 5 nitrogen and oxygen atoms in total. The standard InChI is InChI=1S/C23H26FN3O2/c1-15(28)27-13-18-12-26(23(29)17-7-5-9-20(11-17)25(2)3)14-21(18)22(27)16-6-4-8-19(24)10-16/h4-11,18,21-22H,12-14H2,1-3H3/t18-,21-,22-/m1/s1. The van der Waals surface area contributed by atoms with Crippen molar-refractivity contribution in [2.24, 2.45) is 11.8 Å². The molecule has 0 N–H and O–H groups in total. The van der Waals surface area contributed by atoms with Crippen LogP contribution in [0.5, 0.6) is 0 Å². The number of benzene rings is 2. The van der Waals surface area contributed by atoms with E-state index in [0.29, 0.717) is 25.2 Å². The second kappa shape index (κ2) is 7.50. The molecule has 0 aliphatic carbocycles. The Bertz CT molecular complexity index is 945. The average molecular weight is 395 g/mol. The second-order valence-electron chi connectivity index (χ2n) is 8.25. The van der Waals surface area contributed by atoms with E-state index in [4.69, 9.17) is 0 Å². The van der Waals surface area contributed by atoms with Crippen molar-refractivity contribution in [2.75, 3.05) is 38.6 Å². The number of rotatable bonds is 3. The molecule has 3 atom stereocenters. The number of amides is 2. The molecule has 2 amide bonds. The van der Waals surface area contributed by atoms with Gasteiger partial charge in [0.1, 0.15) is 5.82 Å². The van der Waals surface area contributed by atoms with Crippen molar-refractivity contribution in [2.45, 2.75) is 13.0 Å². The number of hydrogen-bond acceptors (Lipinski definition) is 3. The van der Waals surface area contributed by atoms with Gasteiger partial charge in [0, 0.05) is 63.7 Å². The highest BCUT2D eigenvalue weighted by atomic mass is 19.1. The third-order valence-electron chi connectivity index (χ3n) is 6.16. The van der Waals surface area contributed by atoms with E-state index in [2.05, 4.69) is 0 Å². The zero-order chi connectivity index (χ0) is 20.7. The Hall–Kier alpha value is -2.89. The van der Waals surface area contributed by atoms with Crippen LogP contribution < -0.4 is 4.90 Å². The SMILES string of the molecule is CC(=O)N1C[C@H]2CN(C(=O)c3cccc(N(C)C)c3)C[C@H]2[C@H]1c1cccc(F)c1. The van der Waals surface area contributed by atoms with Crippen LogP contribution in [0.15, 0.2) is 48.5 Å². The smallest absolute Gasteiger partial charge is 0.253 e. The van der Waals surface area contributed by atoms with Crippen molar-refractivity contribution in [1.29, 1.82) is 0 Å². The summed E-state index contributed by atoms with van der Waals surface area (Å²) in [5.74, 6) is 0.0106. The molecule has 2 aromatic rings. The Labute approximate surface area is 170 Å². The summed E-state index contributed by atoms with van der Waals surface area (Å²) < 4.78 is 13.8. The number of nitrogens with zero attached hydrogens (tertiary/aromatic N) is 3. The molecule has 0 spiro atoms. The van der Waals surface area contributed by atoms with Crippen LogP contribution in [0, 0.1) is 17.7 Å². The lowest BCUT2D eigenvalue weighted by Crippen LogP contribution is -2.36. The highest BCUT2D eigenvalue weighted by Gasteiger charge is 2.49. The minimum atomic E-state index is -0.305. The molecular formula is C23H26FN3O2. The minimum absolute atomic E-state index is 0.00905. The van der Waals surface area contributed by atoms with E-state index in [0.717, 1.165) is 11.3 Å². The maximum atomic E-state index is 13.8. The van der Waals surface area contributed by atoms with Gasteiger partial charge in [-0.15, -0.1) is 0 Å². The zero-order valence-corrected chi connectivity index (χ0v) is 17.0. The second-order valence-corrected chi connectivity index (χ2v) is 8.25.